The zero-order chi connectivity index (χ0) is 20.1. The molecular weight excluding hydrogens is 356 g/mol. The summed E-state index contributed by atoms with van der Waals surface area (Å²) in [6.45, 7) is 1.99. The van der Waals surface area contributed by atoms with Crippen LogP contribution >= 0.6 is 0 Å². The average molecular weight is 380 g/mol. The molecule has 0 unspecified atom stereocenters. The summed E-state index contributed by atoms with van der Waals surface area (Å²) < 4.78 is 1.66. The predicted molar refractivity (Wildman–Crippen MR) is 111 cm³/mol. The van der Waals surface area contributed by atoms with Crippen molar-refractivity contribution in [2.45, 2.75) is 19.4 Å². The second kappa shape index (κ2) is 8.51. The maximum Gasteiger partial charge on any atom is 0.295 e. The molecule has 0 saturated heterocycles. The SMILES string of the molecule is CC[C@@H](c1ccccc1)n1c(=O)c(NCC(=O)NC)nc2ccc(NC)nc21. The Morgan fingerprint density at radius 1 is 1.11 bits per heavy atom. The number of hydrogen-bond donors (Lipinski definition) is 3. The summed E-state index contributed by atoms with van der Waals surface area (Å²) in [4.78, 5) is 33.9. The van der Waals surface area contributed by atoms with Crippen LogP contribution in [0.1, 0.15) is 24.9 Å². The number of nitrogens with one attached hydrogen (secondary N) is 3. The average Bonchev–Trinajstić information content (AvgIpc) is 2.74. The van der Waals surface area contributed by atoms with Gasteiger partial charge in [-0.05, 0) is 24.1 Å². The number of likely N-dealkylation sites (N-methyl/N-ethyl adjacent to an activating group) is 1. The number of aromatic nitrogens is 3. The molecular formula is C20H24N6O2. The van der Waals surface area contributed by atoms with Gasteiger partial charge in [0.2, 0.25) is 5.91 Å². The first kappa shape index (κ1) is 19.3. The van der Waals surface area contributed by atoms with E-state index in [1.54, 1.807) is 24.7 Å². The first-order valence-corrected chi connectivity index (χ1v) is 9.19. The molecule has 0 radical (unpaired) electrons. The summed E-state index contributed by atoms with van der Waals surface area (Å²) in [5.74, 6) is 0.549. The molecule has 8 heteroatoms. The van der Waals surface area contributed by atoms with Gasteiger partial charge in [0.25, 0.3) is 5.56 Å². The third-order valence-corrected chi connectivity index (χ3v) is 4.57. The lowest BCUT2D eigenvalue weighted by atomic mass is 10.0. The standard InChI is InChI=1S/C20H24N6O2/c1-4-15(13-8-6-5-7-9-13)26-19-14(10-11-16(21-2)25-19)24-18(20(26)28)23-12-17(27)22-3/h5-11,15H,4,12H2,1-3H3,(H,21,25)(H,22,27)(H,23,24)/t15-/m0/s1. The Bertz CT molecular complexity index is 1030. The zero-order valence-electron chi connectivity index (χ0n) is 16.2. The molecule has 0 aliphatic heterocycles. The van der Waals surface area contributed by atoms with Crippen LogP contribution in [0.15, 0.2) is 47.3 Å². The number of fused-ring (bicyclic) bond motifs is 1. The first-order valence-electron chi connectivity index (χ1n) is 9.19. The minimum absolute atomic E-state index is 0.0333. The minimum atomic E-state index is -0.312. The van der Waals surface area contributed by atoms with Crippen molar-refractivity contribution in [3.05, 3.63) is 58.4 Å². The molecule has 0 fully saturated rings. The van der Waals surface area contributed by atoms with Gasteiger partial charge in [-0.15, -0.1) is 0 Å². The fourth-order valence-electron chi connectivity index (χ4n) is 3.12. The van der Waals surface area contributed by atoms with Gasteiger partial charge in [-0.2, -0.15) is 0 Å². The van der Waals surface area contributed by atoms with Crippen LogP contribution in [0.5, 0.6) is 0 Å². The summed E-state index contributed by atoms with van der Waals surface area (Å²) >= 11 is 0. The van der Waals surface area contributed by atoms with E-state index in [1.807, 2.05) is 43.3 Å². The summed E-state index contributed by atoms with van der Waals surface area (Å²) in [5, 5.41) is 8.38. The summed E-state index contributed by atoms with van der Waals surface area (Å²) in [6, 6.07) is 13.2. The van der Waals surface area contributed by atoms with E-state index in [-0.39, 0.29) is 29.9 Å². The predicted octanol–water partition coefficient (Wildman–Crippen LogP) is 1.99. The van der Waals surface area contributed by atoms with Crippen molar-refractivity contribution in [2.75, 3.05) is 31.3 Å². The highest BCUT2D eigenvalue weighted by Crippen LogP contribution is 2.25. The van der Waals surface area contributed by atoms with E-state index in [9.17, 15) is 9.59 Å². The quantitative estimate of drug-likeness (QED) is 0.580. The van der Waals surface area contributed by atoms with Crippen LogP contribution in [-0.2, 0) is 4.79 Å². The lowest BCUT2D eigenvalue weighted by Crippen LogP contribution is -2.33. The molecule has 8 nitrogen and oxygen atoms in total. The highest BCUT2D eigenvalue weighted by Gasteiger charge is 2.20. The third-order valence-electron chi connectivity index (χ3n) is 4.57. The molecule has 2 heterocycles. The molecule has 1 amide bonds. The third kappa shape index (κ3) is 3.80. The van der Waals surface area contributed by atoms with Gasteiger partial charge < -0.3 is 16.0 Å². The van der Waals surface area contributed by atoms with E-state index in [0.717, 1.165) is 5.56 Å². The van der Waals surface area contributed by atoms with Crippen LogP contribution in [0.4, 0.5) is 11.6 Å². The van der Waals surface area contributed by atoms with Gasteiger partial charge in [0.15, 0.2) is 11.5 Å². The molecule has 1 atom stereocenters. The van der Waals surface area contributed by atoms with Gasteiger partial charge in [-0.1, -0.05) is 37.3 Å². The number of carbonyl (C=O) groups excluding carboxylic acids is 1. The van der Waals surface area contributed by atoms with Gasteiger partial charge >= 0.3 is 0 Å². The number of amides is 1. The van der Waals surface area contributed by atoms with Crippen LogP contribution in [0, 0.1) is 0 Å². The second-order valence-electron chi connectivity index (χ2n) is 6.29. The van der Waals surface area contributed by atoms with Crippen molar-refractivity contribution in [3.63, 3.8) is 0 Å². The largest absolute Gasteiger partial charge is 0.373 e. The Morgan fingerprint density at radius 3 is 2.50 bits per heavy atom. The molecule has 0 saturated carbocycles. The normalized spacial score (nSPS) is 11.8. The van der Waals surface area contributed by atoms with Crippen molar-refractivity contribution >= 4 is 28.7 Å². The lowest BCUT2D eigenvalue weighted by molar-refractivity contribution is -0.118. The number of carbonyl (C=O) groups is 1. The van der Waals surface area contributed by atoms with E-state index in [4.69, 9.17) is 0 Å². The highest BCUT2D eigenvalue weighted by molar-refractivity contribution is 5.81. The minimum Gasteiger partial charge on any atom is -0.373 e. The molecule has 0 aliphatic rings. The monoisotopic (exact) mass is 380 g/mol. The van der Waals surface area contributed by atoms with Gasteiger partial charge in [-0.3, -0.25) is 14.2 Å². The Hall–Kier alpha value is -3.42. The molecule has 28 heavy (non-hydrogen) atoms. The lowest BCUT2D eigenvalue weighted by Gasteiger charge is -2.21. The van der Waals surface area contributed by atoms with E-state index >= 15 is 0 Å². The fourth-order valence-corrected chi connectivity index (χ4v) is 3.12. The molecule has 3 rings (SSSR count). The van der Waals surface area contributed by atoms with Crippen LogP contribution < -0.4 is 21.5 Å². The summed E-state index contributed by atoms with van der Waals surface area (Å²) in [6.07, 6.45) is 0.698. The topological polar surface area (TPSA) is 101 Å². The van der Waals surface area contributed by atoms with Crippen molar-refractivity contribution < 1.29 is 4.79 Å². The number of nitrogens with zero attached hydrogens (tertiary/aromatic N) is 3. The molecule has 1 aromatic carbocycles. The molecule has 0 spiro atoms. The van der Waals surface area contributed by atoms with E-state index in [0.29, 0.717) is 23.4 Å². The molecule has 0 aliphatic carbocycles. The van der Waals surface area contributed by atoms with Crippen LogP contribution in [0.25, 0.3) is 11.2 Å². The Kier molecular flexibility index (Phi) is 5.88. The first-order chi connectivity index (χ1) is 13.6. The van der Waals surface area contributed by atoms with Gasteiger partial charge in [0.1, 0.15) is 11.3 Å². The second-order valence-corrected chi connectivity index (χ2v) is 6.29. The van der Waals surface area contributed by atoms with Gasteiger partial charge in [-0.25, -0.2) is 9.97 Å². The Balaban J connectivity index is 2.22. The Labute approximate surface area is 163 Å². The van der Waals surface area contributed by atoms with Crippen molar-refractivity contribution in [3.8, 4) is 0 Å². The summed E-state index contributed by atoms with van der Waals surface area (Å²) in [5.41, 5.74) is 1.77. The van der Waals surface area contributed by atoms with Crippen molar-refractivity contribution in [1.29, 1.82) is 0 Å². The zero-order valence-corrected chi connectivity index (χ0v) is 16.2. The number of anilines is 2. The van der Waals surface area contributed by atoms with E-state index < -0.39 is 0 Å². The van der Waals surface area contributed by atoms with Gasteiger partial charge in [0.05, 0.1) is 12.6 Å². The van der Waals surface area contributed by atoms with Crippen molar-refractivity contribution in [2.24, 2.45) is 0 Å². The highest BCUT2D eigenvalue weighted by atomic mass is 16.2. The maximum atomic E-state index is 13.3. The fraction of sp³-hybridized carbons (Fsp3) is 0.300. The Morgan fingerprint density at radius 2 is 1.86 bits per heavy atom. The summed E-state index contributed by atoms with van der Waals surface area (Å²) in [7, 11) is 3.32. The smallest absolute Gasteiger partial charge is 0.295 e. The number of hydrogen-bond acceptors (Lipinski definition) is 6. The van der Waals surface area contributed by atoms with E-state index in [2.05, 4.69) is 25.9 Å². The number of rotatable bonds is 7. The molecule has 3 N–H and O–H groups in total. The molecule has 2 aromatic heterocycles. The maximum absolute atomic E-state index is 13.3. The van der Waals surface area contributed by atoms with Crippen molar-refractivity contribution in [1.82, 2.24) is 19.9 Å². The number of benzene rings is 1. The van der Waals surface area contributed by atoms with Crippen LogP contribution in [0.2, 0.25) is 0 Å². The van der Waals surface area contributed by atoms with Gasteiger partial charge in [0, 0.05) is 14.1 Å². The van der Waals surface area contributed by atoms with Crippen LogP contribution in [-0.4, -0.2) is 41.1 Å². The van der Waals surface area contributed by atoms with Crippen LogP contribution in [0.3, 0.4) is 0 Å². The molecule has 3 aromatic rings. The molecule has 0 bridgehead atoms. The van der Waals surface area contributed by atoms with E-state index in [1.165, 1.54) is 0 Å². The number of pyridine rings is 1. The molecule has 146 valence electrons.